The lowest BCUT2D eigenvalue weighted by molar-refractivity contribution is -0.130. The van der Waals surface area contributed by atoms with Crippen LogP contribution in [-0.2, 0) is 22.5 Å². The summed E-state index contributed by atoms with van der Waals surface area (Å²) in [5.41, 5.74) is 9.53. The first-order chi connectivity index (χ1) is 20.5. The highest BCUT2D eigenvalue weighted by molar-refractivity contribution is 9.10. The van der Waals surface area contributed by atoms with E-state index >= 15 is 0 Å². The first kappa shape index (κ1) is 29.5. The number of aryl methyl sites for hydroxylation is 1. The van der Waals surface area contributed by atoms with E-state index in [0.717, 1.165) is 32.3 Å². The number of hydrazine groups is 1. The van der Waals surface area contributed by atoms with Gasteiger partial charge in [-0.1, -0.05) is 88.2 Å². The van der Waals surface area contributed by atoms with Gasteiger partial charge in [-0.25, -0.2) is 10.4 Å². The number of rotatable bonds is 12. The highest BCUT2D eigenvalue weighted by Gasteiger charge is 2.53. The van der Waals surface area contributed by atoms with E-state index in [1.807, 2.05) is 104 Å². The second kappa shape index (κ2) is 13.8. The molecule has 1 heterocycles. The van der Waals surface area contributed by atoms with Crippen molar-refractivity contribution in [1.29, 1.82) is 0 Å². The molecule has 42 heavy (non-hydrogen) atoms. The number of carbonyl (C=O) groups excluding carboxylic acids is 1. The SMILES string of the molecule is Cc1cccc(CNNC(=O)[C@@]2(Cc3ccccc3)N=C(c3ccc(OCCCO)cc3)O[C@H]2c2ccc(Br)cc2)c1. The van der Waals surface area contributed by atoms with Crippen LogP contribution in [0.1, 0.15) is 40.3 Å². The number of hydrogen-bond donors (Lipinski definition) is 3. The topological polar surface area (TPSA) is 92.2 Å². The van der Waals surface area contributed by atoms with E-state index in [-0.39, 0.29) is 12.5 Å². The molecule has 4 aromatic carbocycles. The number of amides is 1. The highest BCUT2D eigenvalue weighted by atomic mass is 79.9. The van der Waals surface area contributed by atoms with E-state index in [2.05, 4.69) is 32.8 Å². The Morgan fingerprint density at radius 3 is 2.43 bits per heavy atom. The van der Waals surface area contributed by atoms with Crippen LogP contribution in [0.4, 0.5) is 0 Å². The summed E-state index contributed by atoms with van der Waals surface area (Å²) in [5.74, 6) is 0.782. The molecule has 1 aliphatic rings. The van der Waals surface area contributed by atoms with Crippen molar-refractivity contribution in [2.24, 2.45) is 4.99 Å². The molecule has 0 fully saturated rings. The molecule has 0 unspecified atom stereocenters. The van der Waals surface area contributed by atoms with Crippen molar-refractivity contribution in [3.8, 4) is 5.75 Å². The first-order valence-electron chi connectivity index (χ1n) is 14.0. The summed E-state index contributed by atoms with van der Waals surface area (Å²) in [5, 5.41) is 9.04. The van der Waals surface area contributed by atoms with E-state index in [9.17, 15) is 4.79 Å². The van der Waals surface area contributed by atoms with Crippen LogP contribution in [0.2, 0.25) is 0 Å². The van der Waals surface area contributed by atoms with Gasteiger partial charge in [0.05, 0.1) is 6.61 Å². The van der Waals surface area contributed by atoms with E-state index < -0.39 is 11.6 Å². The summed E-state index contributed by atoms with van der Waals surface area (Å²) >= 11 is 3.52. The molecule has 1 aliphatic heterocycles. The molecule has 0 bridgehead atoms. The minimum Gasteiger partial charge on any atom is -0.494 e. The summed E-state index contributed by atoms with van der Waals surface area (Å²) in [6.07, 6.45) is 0.210. The standard InChI is InChI=1S/C34H34BrN3O4/c1-24-7-5-10-26(21-24)23-36-38-33(40)34(22-25-8-3-2-4-9-25)31(27-11-15-29(35)16-12-27)42-32(37-34)28-13-17-30(18-14-28)41-20-6-19-39/h2-5,7-18,21,31,36,39H,6,19-20,22-23H2,1H3,(H,38,40)/t31-,34-/m0/s1. The average Bonchev–Trinajstić information content (AvgIpc) is 3.39. The third-order valence-corrected chi connectivity index (χ3v) is 7.62. The molecule has 0 spiro atoms. The molecule has 0 aromatic heterocycles. The van der Waals surface area contributed by atoms with Crippen LogP contribution < -0.4 is 15.6 Å². The Labute approximate surface area is 254 Å². The maximum Gasteiger partial charge on any atom is 0.266 e. The van der Waals surface area contributed by atoms with Crippen molar-refractivity contribution in [2.45, 2.75) is 38.0 Å². The van der Waals surface area contributed by atoms with Crippen LogP contribution in [0.15, 0.2) is 113 Å². The fraction of sp³-hybridized carbons (Fsp3) is 0.235. The van der Waals surface area contributed by atoms with E-state index in [1.54, 1.807) is 0 Å². The van der Waals surface area contributed by atoms with E-state index in [1.165, 1.54) is 0 Å². The largest absolute Gasteiger partial charge is 0.494 e. The van der Waals surface area contributed by atoms with Crippen molar-refractivity contribution in [3.05, 3.63) is 135 Å². The molecule has 4 aromatic rings. The van der Waals surface area contributed by atoms with Crippen molar-refractivity contribution in [2.75, 3.05) is 13.2 Å². The van der Waals surface area contributed by atoms with Gasteiger partial charge in [-0.3, -0.25) is 10.2 Å². The Hall–Kier alpha value is -3.98. The number of ether oxygens (including phenoxy) is 2. The van der Waals surface area contributed by atoms with Gasteiger partial charge in [0.15, 0.2) is 11.6 Å². The Morgan fingerprint density at radius 1 is 0.976 bits per heavy atom. The Morgan fingerprint density at radius 2 is 1.71 bits per heavy atom. The van der Waals surface area contributed by atoms with Gasteiger partial charge < -0.3 is 14.6 Å². The molecule has 8 heteroatoms. The van der Waals surface area contributed by atoms with Gasteiger partial charge >= 0.3 is 0 Å². The number of carbonyl (C=O) groups is 1. The zero-order valence-corrected chi connectivity index (χ0v) is 25.0. The molecular weight excluding hydrogens is 594 g/mol. The molecule has 0 radical (unpaired) electrons. The lowest BCUT2D eigenvalue weighted by Gasteiger charge is -2.31. The third kappa shape index (κ3) is 7.07. The molecule has 2 atom stereocenters. The second-order valence-corrected chi connectivity index (χ2v) is 11.2. The maximum atomic E-state index is 14.2. The van der Waals surface area contributed by atoms with Crippen LogP contribution in [0.25, 0.3) is 0 Å². The second-order valence-electron chi connectivity index (χ2n) is 10.3. The number of aliphatic imine (C=N–C) groups is 1. The quantitative estimate of drug-likeness (QED) is 0.136. The zero-order valence-electron chi connectivity index (χ0n) is 23.4. The fourth-order valence-corrected chi connectivity index (χ4v) is 5.25. The molecule has 3 N–H and O–H groups in total. The number of halogens is 1. The summed E-state index contributed by atoms with van der Waals surface area (Å²) in [7, 11) is 0. The summed E-state index contributed by atoms with van der Waals surface area (Å²) in [6, 6.07) is 33.2. The average molecular weight is 629 g/mol. The van der Waals surface area contributed by atoms with Gasteiger partial charge in [0.2, 0.25) is 5.90 Å². The van der Waals surface area contributed by atoms with Gasteiger partial charge in [0, 0.05) is 36.0 Å². The fourth-order valence-electron chi connectivity index (χ4n) is 4.98. The number of hydrogen-bond acceptors (Lipinski definition) is 6. The molecule has 5 rings (SSSR count). The molecule has 1 amide bonds. The van der Waals surface area contributed by atoms with Gasteiger partial charge in [-0.05, 0) is 60.0 Å². The number of nitrogens with zero attached hydrogens (tertiary/aromatic N) is 1. The van der Waals surface area contributed by atoms with Gasteiger partial charge in [0.1, 0.15) is 5.75 Å². The van der Waals surface area contributed by atoms with Gasteiger partial charge in [0.25, 0.3) is 5.91 Å². The maximum absolute atomic E-state index is 14.2. The van der Waals surface area contributed by atoms with Crippen LogP contribution in [-0.4, -0.2) is 35.7 Å². The summed E-state index contributed by atoms with van der Waals surface area (Å²) in [4.78, 5) is 19.3. The van der Waals surface area contributed by atoms with Crippen molar-refractivity contribution in [3.63, 3.8) is 0 Å². The van der Waals surface area contributed by atoms with Crippen LogP contribution >= 0.6 is 15.9 Å². The van der Waals surface area contributed by atoms with Gasteiger partial charge in [-0.2, -0.15) is 0 Å². The minimum absolute atomic E-state index is 0.0750. The van der Waals surface area contributed by atoms with Crippen molar-refractivity contribution < 1.29 is 19.4 Å². The Balaban J connectivity index is 1.49. The van der Waals surface area contributed by atoms with Crippen LogP contribution in [0.5, 0.6) is 5.75 Å². The lowest BCUT2D eigenvalue weighted by Crippen LogP contribution is -2.53. The van der Waals surface area contributed by atoms with Crippen molar-refractivity contribution in [1.82, 2.24) is 10.9 Å². The monoisotopic (exact) mass is 627 g/mol. The number of aliphatic hydroxyl groups excluding tert-OH is 1. The molecule has 0 aliphatic carbocycles. The zero-order chi connectivity index (χ0) is 29.4. The van der Waals surface area contributed by atoms with Crippen molar-refractivity contribution >= 4 is 27.7 Å². The van der Waals surface area contributed by atoms with Crippen LogP contribution in [0, 0.1) is 6.92 Å². The van der Waals surface area contributed by atoms with Gasteiger partial charge in [-0.15, -0.1) is 0 Å². The normalized spacial score (nSPS) is 17.8. The predicted molar refractivity (Wildman–Crippen MR) is 167 cm³/mol. The highest BCUT2D eigenvalue weighted by Crippen LogP contribution is 2.42. The number of aliphatic hydroxyl groups is 1. The summed E-state index contributed by atoms with van der Waals surface area (Å²) in [6.45, 7) is 3.01. The Bertz CT molecular complexity index is 1510. The number of benzene rings is 4. The summed E-state index contributed by atoms with van der Waals surface area (Å²) < 4.78 is 13.2. The number of nitrogens with one attached hydrogen (secondary N) is 2. The minimum atomic E-state index is -1.29. The first-order valence-corrected chi connectivity index (χ1v) is 14.7. The van der Waals surface area contributed by atoms with E-state index in [0.29, 0.717) is 37.6 Å². The Kier molecular flexibility index (Phi) is 9.69. The molecule has 7 nitrogen and oxygen atoms in total. The molecular formula is C34H34BrN3O4. The third-order valence-electron chi connectivity index (χ3n) is 7.10. The lowest BCUT2D eigenvalue weighted by atomic mass is 9.82. The van der Waals surface area contributed by atoms with Crippen LogP contribution in [0.3, 0.4) is 0 Å². The molecule has 0 saturated carbocycles. The van der Waals surface area contributed by atoms with E-state index in [4.69, 9.17) is 19.6 Å². The molecule has 216 valence electrons. The smallest absolute Gasteiger partial charge is 0.266 e. The predicted octanol–water partition coefficient (Wildman–Crippen LogP) is 5.84. The molecule has 0 saturated heterocycles.